The van der Waals surface area contributed by atoms with Crippen LogP contribution in [0.5, 0.6) is 0 Å². The highest BCUT2D eigenvalue weighted by Gasteiger charge is 2.27. The number of allylic oxidation sites excluding steroid dienone is 2. The monoisotopic (exact) mass is 250 g/mol. The van der Waals surface area contributed by atoms with Crippen LogP contribution >= 0.6 is 0 Å². The van der Waals surface area contributed by atoms with Gasteiger partial charge in [-0.2, -0.15) is 0 Å². The van der Waals surface area contributed by atoms with Crippen molar-refractivity contribution in [3.05, 3.63) is 24.3 Å². The van der Waals surface area contributed by atoms with Gasteiger partial charge in [0.25, 0.3) is 0 Å². The minimum Gasteiger partial charge on any atom is -0.392 e. The molecule has 1 rings (SSSR count). The van der Waals surface area contributed by atoms with Crippen LogP contribution in [-0.4, -0.2) is 11.7 Å². The van der Waals surface area contributed by atoms with Crippen molar-refractivity contribution in [1.29, 1.82) is 0 Å². The molecule has 104 valence electrons. The van der Waals surface area contributed by atoms with Gasteiger partial charge in [0, 0.05) is 0 Å². The third-order valence-corrected chi connectivity index (χ3v) is 4.20. The summed E-state index contributed by atoms with van der Waals surface area (Å²) < 4.78 is 0. The van der Waals surface area contributed by atoms with E-state index in [2.05, 4.69) is 19.6 Å². The van der Waals surface area contributed by atoms with Crippen molar-refractivity contribution in [3.8, 4) is 0 Å². The summed E-state index contributed by atoms with van der Waals surface area (Å²) in [5.41, 5.74) is 1.44. The molecule has 1 unspecified atom stereocenters. The van der Waals surface area contributed by atoms with Crippen LogP contribution in [0, 0.1) is 11.8 Å². The van der Waals surface area contributed by atoms with E-state index in [0.29, 0.717) is 11.8 Å². The second-order valence-corrected chi connectivity index (χ2v) is 5.63. The molecular weight excluding hydrogens is 220 g/mol. The molecule has 0 spiro atoms. The molecule has 1 aliphatic carbocycles. The number of aliphatic hydroxyl groups excluding tert-OH is 1. The van der Waals surface area contributed by atoms with Crippen molar-refractivity contribution in [2.45, 2.75) is 64.7 Å². The van der Waals surface area contributed by atoms with Gasteiger partial charge in [-0.3, -0.25) is 0 Å². The molecule has 1 fully saturated rings. The molecule has 0 saturated heterocycles. The Labute approximate surface area is 113 Å². The van der Waals surface area contributed by atoms with Crippen molar-refractivity contribution in [1.82, 2.24) is 0 Å². The van der Waals surface area contributed by atoms with Gasteiger partial charge in [0.05, 0.1) is 6.61 Å². The van der Waals surface area contributed by atoms with Gasteiger partial charge in [-0.1, -0.05) is 69.8 Å². The Morgan fingerprint density at radius 1 is 1.22 bits per heavy atom. The molecule has 1 nitrogen and oxygen atoms in total. The number of unbranched alkanes of at least 4 members (excludes halogenated alkanes) is 5. The highest BCUT2D eigenvalue weighted by atomic mass is 16.2. The lowest BCUT2D eigenvalue weighted by Gasteiger charge is -2.17. The lowest BCUT2D eigenvalue weighted by atomic mass is 9.88. The van der Waals surface area contributed by atoms with E-state index in [4.69, 9.17) is 5.11 Å². The minimum absolute atomic E-state index is 0.173. The van der Waals surface area contributed by atoms with E-state index in [1.54, 1.807) is 0 Å². The summed E-state index contributed by atoms with van der Waals surface area (Å²) in [6.07, 6.45) is 16.0. The average molecular weight is 250 g/mol. The maximum absolute atomic E-state index is 8.87. The summed E-state index contributed by atoms with van der Waals surface area (Å²) in [5.74, 6) is 1.32. The fourth-order valence-electron chi connectivity index (χ4n) is 3.07. The van der Waals surface area contributed by atoms with Crippen LogP contribution in [0.15, 0.2) is 24.3 Å². The molecule has 0 heterocycles. The highest BCUT2D eigenvalue weighted by Crippen LogP contribution is 2.39. The zero-order valence-electron chi connectivity index (χ0n) is 12.0. The fraction of sp³-hybridized carbons (Fsp3) is 0.765. The first kappa shape index (κ1) is 15.5. The molecule has 0 aromatic heterocycles. The second-order valence-electron chi connectivity index (χ2n) is 5.63. The van der Waals surface area contributed by atoms with Crippen LogP contribution in [0.1, 0.15) is 64.7 Å². The Bertz CT molecular complexity index is 254. The van der Waals surface area contributed by atoms with Crippen molar-refractivity contribution in [2.24, 2.45) is 11.8 Å². The van der Waals surface area contributed by atoms with Gasteiger partial charge in [-0.25, -0.2) is 0 Å². The van der Waals surface area contributed by atoms with Crippen LogP contribution in [0.2, 0.25) is 0 Å². The van der Waals surface area contributed by atoms with Crippen molar-refractivity contribution in [2.75, 3.05) is 6.61 Å². The van der Waals surface area contributed by atoms with Crippen LogP contribution in [0.3, 0.4) is 0 Å². The smallest absolute Gasteiger partial charge is 0.0612 e. The van der Waals surface area contributed by atoms with Gasteiger partial charge in [0.15, 0.2) is 0 Å². The molecule has 0 aromatic rings. The highest BCUT2D eigenvalue weighted by molar-refractivity contribution is 5.13. The van der Waals surface area contributed by atoms with E-state index in [-0.39, 0.29) is 6.61 Å². The summed E-state index contributed by atoms with van der Waals surface area (Å²) >= 11 is 0. The first-order valence-electron chi connectivity index (χ1n) is 7.74. The quantitative estimate of drug-likeness (QED) is 0.457. The molecule has 0 radical (unpaired) electrons. The zero-order valence-corrected chi connectivity index (χ0v) is 12.0. The van der Waals surface area contributed by atoms with Crippen LogP contribution in [0.4, 0.5) is 0 Å². The number of hydrogen-bond acceptors (Lipinski definition) is 1. The SMILES string of the molecule is C=C1CCC(/C=C/CO)[C@H]1CCCCCCCC. The van der Waals surface area contributed by atoms with E-state index in [0.717, 1.165) is 0 Å². The molecule has 0 aromatic carbocycles. The summed E-state index contributed by atoms with van der Waals surface area (Å²) in [7, 11) is 0. The van der Waals surface area contributed by atoms with Gasteiger partial charge >= 0.3 is 0 Å². The molecule has 0 aliphatic heterocycles. The lowest BCUT2D eigenvalue weighted by Crippen LogP contribution is -2.07. The first-order chi connectivity index (χ1) is 8.79. The number of rotatable bonds is 9. The average Bonchev–Trinajstić information content (AvgIpc) is 2.72. The van der Waals surface area contributed by atoms with E-state index in [1.807, 2.05) is 6.08 Å². The number of hydrogen-bond donors (Lipinski definition) is 1. The van der Waals surface area contributed by atoms with E-state index in [1.165, 1.54) is 63.4 Å². The molecular formula is C17H30O. The number of aliphatic hydroxyl groups is 1. The summed E-state index contributed by atoms with van der Waals surface area (Å²) in [6, 6.07) is 0. The predicted molar refractivity (Wildman–Crippen MR) is 79.6 cm³/mol. The Morgan fingerprint density at radius 3 is 2.67 bits per heavy atom. The topological polar surface area (TPSA) is 20.2 Å². The van der Waals surface area contributed by atoms with Gasteiger partial charge in [-0.15, -0.1) is 0 Å². The third kappa shape index (κ3) is 5.39. The molecule has 1 aliphatic rings. The van der Waals surface area contributed by atoms with Crippen molar-refractivity contribution in [3.63, 3.8) is 0 Å². The maximum Gasteiger partial charge on any atom is 0.0612 e. The van der Waals surface area contributed by atoms with Gasteiger partial charge in [-0.05, 0) is 31.1 Å². The van der Waals surface area contributed by atoms with E-state index >= 15 is 0 Å². The molecule has 1 N–H and O–H groups in total. The van der Waals surface area contributed by atoms with Crippen LogP contribution in [0.25, 0.3) is 0 Å². The van der Waals surface area contributed by atoms with Gasteiger partial charge < -0.3 is 5.11 Å². The fourth-order valence-corrected chi connectivity index (χ4v) is 3.07. The van der Waals surface area contributed by atoms with E-state index < -0.39 is 0 Å². The summed E-state index contributed by atoms with van der Waals surface area (Å²) in [4.78, 5) is 0. The van der Waals surface area contributed by atoms with Crippen molar-refractivity contribution >= 4 is 0 Å². The Balaban J connectivity index is 2.21. The van der Waals surface area contributed by atoms with Gasteiger partial charge in [0.2, 0.25) is 0 Å². The maximum atomic E-state index is 8.87. The largest absolute Gasteiger partial charge is 0.392 e. The van der Waals surface area contributed by atoms with Crippen molar-refractivity contribution < 1.29 is 5.11 Å². The molecule has 1 heteroatoms. The standard InChI is InChI=1S/C17H30O/c1-3-4-5-6-7-8-11-17-15(2)12-13-16(17)10-9-14-18/h9-10,16-18H,2-8,11-14H2,1H3/b10-9+/t16?,17-/m0/s1. The molecule has 1 saturated carbocycles. The summed E-state index contributed by atoms with van der Waals surface area (Å²) in [5, 5.41) is 8.87. The molecule has 18 heavy (non-hydrogen) atoms. The Hall–Kier alpha value is -0.560. The van der Waals surface area contributed by atoms with Crippen LogP contribution < -0.4 is 0 Å². The third-order valence-electron chi connectivity index (χ3n) is 4.20. The second kappa shape index (κ2) is 9.38. The van der Waals surface area contributed by atoms with Crippen LogP contribution in [-0.2, 0) is 0 Å². The minimum atomic E-state index is 0.173. The Morgan fingerprint density at radius 2 is 1.94 bits per heavy atom. The van der Waals surface area contributed by atoms with E-state index in [9.17, 15) is 0 Å². The zero-order chi connectivity index (χ0) is 13.2. The molecule has 0 bridgehead atoms. The molecule has 0 amide bonds. The first-order valence-corrected chi connectivity index (χ1v) is 7.74. The summed E-state index contributed by atoms with van der Waals surface area (Å²) in [6.45, 7) is 6.66. The van der Waals surface area contributed by atoms with Gasteiger partial charge in [0.1, 0.15) is 0 Å². The molecule has 2 atom stereocenters. The Kier molecular flexibility index (Phi) is 8.08. The predicted octanol–water partition coefficient (Wildman–Crippen LogP) is 4.87. The normalized spacial score (nSPS) is 24.2. The lowest BCUT2D eigenvalue weighted by molar-refractivity contribution is 0.340.